The predicted molar refractivity (Wildman–Crippen MR) is 84.8 cm³/mol. The van der Waals surface area contributed by atoms with E-state index < -0.39 is 0 Å². The van der Waals surface area contributed by atoms with Crippen molar-refractivity contribution < 1.29 is 4.39 Å². The van der Waals surface area contributed by atoms with Crippen LogP contribution < -0.4 is 5.32 Å². The first-order valence-electron chi connectivity index (χ1n) is 6.53. The summed E-state index contributed by atoms with van der Waals surface area (Å²) in [5.74, 6) is -0.289. The van der Waals surface area contributed by atoms with E-state index in [2.05, 4.69) is 11.9 Å². The third kappa shape index (κ3) is 2.70. The molecule has 0 atom stereocenters. The van der Waals surface area contributed by atoms with Crippen LogP contribution in [-0.4, -0.2) is 0 Å². The number of nitrogens with one attached hydrogen (secondary N) is 1. The summed E-state index contributed by atoms with van der Waals surface area (Å²) in [7, 11) is 0. The quantitative estimate of drug-likeness (QED) is 0.775. The van der Waals surface area contributed by atoms with Crippen LogP contribution in [0, 0.1) is 12.7 Å². The Morgan fingerprint density at radius 3 is 2.70 bits per heavy atom. The molecule has 2 rings (SSSR count). The van der Waals surface area contributed by atoms with Crippen molar-refractivity contribution in [2.45, 2.75) is 20.3 Å². The fourth-order valence-electron chi connectivity index (χ4n) is 2.32. The van der Waals surface area contributed by atoms with Gasteiger partial charge in [0.05, 0.1) is 0 Å². The van der Waals surface area contributed by atoms with E-state index in [0.717, 1.165) is 28.8 Å². The average Bonchev–Trinajstić information content (AvgIpc) is 2.41. The molecule has 1 N–H and O–H groups in total. The molecule has 0 aromatic heterocycles. The van der Waals surface area contributed by atoms with Gasteiger partial charge in [0.25, 0.3) is 0 Å². The van der Waals surface area contributed by atoms with Crippen molar-refractivity contribution in [2.24, 2.45) is 0 Å². The van der Waals surface area contributed by atoms with Gasteiger partial charge in [-0.25, -0.2) is 4.39 Å². The molecule has 0 spiro atoms. The molecule has 3 heteroatoms. The molecule has 0 amide bonds. The highest BCUT2D eigenvalue weighted by Crippen LogP contribution is 2.35. The van der Waals surface area contributed by atoms with Crippen molar-refractivity contribution in [3.05, 3.63) is 65.1 Å². The van der Waals surface area contributed by atoms with E-state index in [4.69, 9.17) is 11.6 Å². The minimum absolute atomic E-state index is 0.289. The molecule has 104 valence electrons. The number of halogens is 2. The zero-order valence-electron chi connectivity index (χ0n) is 11.6. The van der Waals surface area contributed by atoms with Crippen LogP contribution in [0.1, 0.15) is 18.1 Å². The molecule has 2 aromatic carbocycles. The van der Waals surface area contributed by atoms with Crippen LogP contribution >= 0.6 is 11.6 Å². The van der Waals surface area contributed by atoms with Crippen LogP contribution in [-0.2, 0) is 6.42 Å². The van der Waals surface area contributed by atoms with Gasteiger partial charge < -0.3 is 5.32 Å². The fraction of sp³-hybridized carbons (Fsp3) is 0.176. The van der Waals surface area contributed by atoms with Gasteiger partial charge in [-0.3, -0.25) is 0 Å². The minimum atomic E-state index is -0.289. The number of hydrogen-bond donors (Lipinski definition) is 1. The summed E-state index contributed by atoms with van der Waals surface area (Å²) in [5, 5.41) is 3.53. The van der Waals surface area contributed by atoms with Gasteiger partial charge in [-0.05, 0) is 48.9 Å². The lowest BCUT2D eigenvalue weighted by atomic mass is 9.96. The molecule has 0 saturated carbocycles. The summed E-state index contributed by atoms with van der Waals surface area (Å²) in [6.07, 6.45) is 2.35. The van der Waals surface area contributed by atoms with Crippen molar-refractivity contribution in [3.8, 4) is 11.1 Å². The monoisotopic (exact) mass is 289 g/mol. The first-order valence-corrected chi connectivity index (χ1v) is 6.91. The molecule has 0 heterocycles. The molecule has 0 aliphatic carbocycles. The molecule has 0 radical (unpaired) electrons. The largest absolute Gasteiger partial charge is 0.362 e. The van der Waals surface area contributed by atoms with Crippen molar-refractivity contribution in [1.29, 1.82) is 0 Å². The molecule has 0 aliphatic rings. The van der Waals surface area contributed by atoms with Crippen molar-refractivity contribution in [1.82, 2.24) is 0 Å². The molecular weight excluding hydrogens is 273 g/mol. The second-order valence-corrected chi connectivity index (χ2v) is 5.03. The summed E-state index contributed by atoms with van der Waals surface area (Å²) in [4.78, 5) is 0. The van der Waals surface area contributed by atoms with E-state index in [1.165, 1.54) is 6.07 Å². The maximum atomic E-state index is 14.4. The third-order valence-corrected chi connectivity index (χ3v) is 3.64. The number of aryl methyl sites for hydroxylation is 2. The van der Waals surface area contributed by atoms with Gasteiger partial charge in [0, 0.05) is 21.8 Å². The molecule has 0 fully saturated rings. The Bertz CT molecular complexity index is 629. The van der Waals surface area contributed by atoms with Crippen LogP contribution in [0.5, 0.6) is 0 Å². The van der Waals surface area contributed by atoms with Crippen LogP contribution in [0.15, 0.2) is 43.1 Å². The Labute approximate surface area is 124 Å². The van der Waals surface area contributed by atoms with Crippen molar-refractivity contribution in [3.63, 3.8) is 0 Å². The normalized spacial score (nSPS) is 10.4. The summed E-state index contributed by atoms with van der Waals surface area (Å²) in [6.45, 7) is 7.58. The predicted octanol–water partition coefficient (Wildman–Crippen LogP) is 5.57. The van der Waals surface area contributed by atoms with Crippen LogP contribution in [0.25, 0.3) is 11.1 Å². The standard InChI is InChI=1S/C17H17ClFN/c1-4-12-9-13(15(19)10-16(12)20-5-2)17-11(3)7-6-8-14(17)18/h5-10,20H,2,4H2,1,3H3. The number of benzene rings is 2. The van der Waals surface area contributed by atoms with Crippen LogP contribution in [0.2, 0.25) is 5.02 Å². The smallest absolute Gasteiger partial charge is 0.133 e. The second kappa shape index (κ2) is 6.10. The maximum absolute atomic E-state index is 14.4. The van der Waals surface area contributed by atoms with E-state index >= 15 is 0 Å². The Kier molecular flexibility index (Phi) is 4.46. The SMILES string of the molecule is C=CNc1cc(F)c(-c2c(C)cccc2Cl)cc1CC. The fourth-order valence-corrected chi connectivity index (χ4v) is 2.64. The minimum Gasteiger partial charge on any atom is -0.362 e. The molecule has 0 aliphatic heterocycles. The summed E-state index contributed by atoms with van der Waals surface area (Å²) in [6, 6.07) is 8.94. The first kappa shape index (κ1) is 14.6. The van der Waals surface area contributed by atoms with E-state index in [1.54, 1.807) is 12.3 Å². The second-order valence-electron chi connectivity index (χ2n) is 4.62. The Morgan fingerprint density at radius 2 is 2.10 bits per heavy atom. The zero-order chi connectivity index (χ0) is 14.7. The summed E-state index contributed by atoms with van der Waals surface area (Å²) in [5.41, 5.74) is 4.03. The third-order valence-electron chi connectivity index (χ3n) is 3.32. The number of rotatable bonds is 4. The van der Waals surface area contributed by atoms with Crippen molar-refractivity contribution in [2.75, 3.05) is 5.32 Å². The zero-order valence-corrected chi connectivity index (χ0v) is 12.4. The molecule has 0 saturated heterocycles. The first-order chi connectivity index (χ1) is 9.58. The van der Waals surface area contributed by atoms with Gasteiger partial charge in [0.15, 0.2) is 0 Å². The average molecular weight is 290 g/mol. The lowest BCUT2D eigenvalue weighted by Gasteiger charge is -2.14. The van der Waals surface area contributed by atoms with E-state index in [9.17, 15) is 4.39 Å². The number of anilines is 1. The Balaban J connectivity index is 2.66. The van der Waals surface area contributed by atoms with Crippen LogP contribution in [0.4, 0.5) is 10.1 Å². The van der Waals surface area contributed by atoms with E-state index in [-0.39, 0.29) is 5.82 Å². The molecule has 1 nitrogen and oxygen atoms in total. The van der Waals surface area contributed by atoms with Gasteiger partial charge in [-0.15, -0.1) is 0 Å². The molecule has 2 aromatic rings. The Morgan fingerprint density at radius 1 is 1.35 bits per heavy atom. The summed E-state index contributed by atoms with van der Waals surface area (Å²) < 4.78 is 14.4. The van der Waals surface area contributed by atoms with E-state index in [1.807, 2.05) is 32.0 Å². The molecular formula is C17H17ClFN. The van der Waals surface area contributed by atoms with Gasteiger partial charge in [-0.1, -0.05) is 37.2 Å². The van der Waals surface area contributed by atoms with Gasteiger partial charge in [0.1, 0.15) is 5.82 Å². The number of hydrogen-bond acceptors (Lipinski definition) is 1. The highest BCUT2D eigenvalue weighted by atomic mass is 35.5. The van der Waals surface area contributed by atoms with E-state index in [0.29, 0.717) is 10.6 Å². The van der Waals surface area contributed by atoms with Gasteiger partial charge >= 0.3 is 0 Å². The lowest BCUT2D eigenvalue weighted by molar-refractivity contribution is 0.631. The lowest BCUT2D eigenvalue weighted by Crippen LogP contribution is -1.98. The van der Waals surface area contributed by atoms with Crippen LogP contribution in [0.3, 0.4) is 0 Å². The Hall–Kier alpha value is -1.80. The summed E-state index contributed by atoms with van der Waals surface area (Å²) >= 11 is 6.23. The van der Waals surface area contributed by atoms with Gasteiger partial charge in [0.2, 0.25) is 0 Å². The highest BCUT2D eigenvalue weighted by Gasteiger charge is 2.14. The topological polar surface area (TPSA) is 12.0 Å². The molecule has 0 unspecified atom stereocenters. The van der Waals surface area contributed by atoms with Crippen molar-refractivity contribution >= 4 is 17.3 Å². The highest BCUT2D eigenvalue weighted by molar-refractivity contribution is 6.33. The van der Waals surface area contributed by atoms with Gasteiger partial charge in [-0.2, -0.15) is 0 Å². The maximum Gasteiger partial charge on any atom is 0.133 e. The molecule has 0 bridgehead atoms. The molecule has 20 heavy (non-hydrogen) atoms.